The summed E-state index contributed by atoms with van der Waals surface area (Å²) in [6.07, 6.45) is 0.0608. The van der Waals surface area contributed by atoms with Crippen molar-refractivity contribution in [2.24, 2.45) is 0 Å². The Labute approximate surface area is 118 Å². The van der Waals surface area contributed by atoms with Crippen molar-refractivity contribution in [1.29, 1.82) is 0 Å². The third-order valence-electron chi connectivity index (χ3n) is 3.42. The minimum atomic E-state index is -0.423. The molecule has 104 valence electrons. The maximum absolute atomic E-state index is 12.3. The fourth-order valence-electron chi connectivity index (χ4n) is 2.30. The molecular formula is C14H19ClN2O2. The third kappa shape index (κ3) is 3.47. The van der Waals surface area contributed by atoms with Crippen LogP contribution in [0.1, 0.15) is 18.9 Å². The zero-order chi connectivity index (χ0) is 13.8. The summed E-state index contributed by atoms with van der Waals surface area (Å²) in [6.45, 7) is 3.56. The Bertz CT molecular complexity index is 453. The number of amides is 1. The number of halogens is 1. The Morgan fingerprint density at radius 3 is 2.84 bits per heavy atom. The Hall–Kier alpha value is -1.10. The van der Waals surface area contributed by atoms with Crippen LogP contribution in [0, 0.1) is 0 Å². The summed E-state index contributed by atoms with van der Waals surface area (Å²) in [5.41, 5.74) is 0.943. The SMILES string of the molecule is CCN(Cc1ccccc1Cl)C(=O)[C@@H]1C[C@H](O)CN1. The smallest absolute Gasteiger partial charge is 0.240 e. The summed E-state index contributed by atoms with van der Waals surface area (Å²) >= 11 is 6.12. The topological polar surface area (TPSA) is 52.6 Å². The Balaban J connectivity index is 2.04. The number of hydrogen-bond acceptors (Lipinski definition) is 3. The van der Waals surface area contributed by atoms with Gasteiger partial charge in [-0.1, -0.05) is 29.8 Å². The molecule has 0 radical (unpaired) electrons. The van der Waals surface area contributed by atoms with Crippen LogP contribution in [-0.2, 0) is 11.3 Å². The summed E-state index contributed by atoms with van der Waals surface area (Å²) in [5, 5.41) is 13.2. The molecule has 1 saturated heterocycles. The van der Waals surface area contributed by atoms with E-state index in [9.17, 15) is 9.90 Å². The standard InChI is InChI=1S/C14H19ClN2O2/c1-2-17(9-10-5-3-4-6-12(10)15)14(19)13-7-11(18)8-16-13/h3-6,11,13,16,18H,2,7-9H2,1H3/t11-,13-/m0/s1. The van der Waals surface area contributed by atoms with Gasteiger partial charge in [-0.3, -0.25) is 4.79 Å². The number of carbonyl (C=O) groups excluding carboxylic acids is 1. The normalized spacial score (nSPS) is 22.5. The maximum Gasteiger partial charge on any atom is 0.240 e. The molecule has 1 amide bonds. The summed E-state index contributed by atoms with van der Waals surface area (Å²) in [5.74, 6) is 0.0268. The molecule has 0 unspecified atom stereocenters. The van der Waals surface area contributed by atoms with Crippen LogP contribution in [0.25, 0.3) is 0 Å². The third-order valence-corrected chi connectivity index (χ3v) is 3.79. The van der Waals surface area contributed by atoms with Crippen molar-refractivity contribution in [2.75, 3.05) is 13.1 Å². The van der Waals surface area contributed by atoms with E-state index in [-0.39, 0.29) is 11.9 Å². The van der Waals surface area contributed by atoms with E-state index in [1.54, 1.807) is 4.90 Å². The predicted molar refractivity (Wildman–Crippen MR) is 75.0 cm³/mol. The molecule has 19 heavy (non-hydrogen) atoms. The summed E-state index contributed by atoms with van der Waals surface area (Å²) < 4.78 is 0. The Kier molecular flexibility index (Phi) is 4.80. The first-order valence-corrected chi connectivity index (χ1v) is 6.93. The molecule has 0 aliphatic carbocycles. The molecular weight excluding hydrogens is 264 g/mol. The minimum absolute atomic E-state index is 0.0268. The number of carbonyl (C=O) groups is 1. The highest BCUT2D eigenvalue weighted by Crippen LogP contribution is 2.18. The van der Waals surface area contributed by atoms with Crippen LogP contribution in [0.4, 0.5) is 0 Å². The molecule has 1 aliphatic heterocycles. The number of β-amino-alcohol motifs (C(OH)–C–C–N with tert-alkyl or cyclic N) is 1. The number of nitrogens with one attached hydrogen (secondary N) is 1. The van der Waals surface area contributed by atoms with Crippen molar-refractivity contribution in [1.82, 2.24) is 10.2 Å². The molecule has 5 heteroatoms. The highest BCUT2D eigenvalue weighted by molar-refractivity contribution is 6.31. The molecule has 1 aromatic carbocycles. The molecule has 1 aliphatic rings. The summed E-state index contributed by atoms with van der Waals surface area (Å²) in [6, 6.07) is 7.26. The van der Waals surface area contributed by atoms with Crippen molar-refractivity contribution >= 4 is 17.5 Å². The van der Waals surface area contributed by atoms with Gasteiger partial charge in [-0.2, -0.15) is 0 Å². The predicted octanol–water partition coefficient (Wildman–Crippen LogP) is 1.41. The molecule has 1 aromatic rings. The van der Waals surface area contributed by atoms with Crippen LogP contribution in [0.3, 0.4) is 0 Å². The molecule has 1 heterocycles. The summed E-state index contributed by atoms with van der Waals surface area (Å²) in [7, 11) is 0. The van der Waals surface area contributed by atoms with E-state index >= 15 is 0 Å². The number of hydrogen-bond donors (Lipinski definition) is 2. The molecule has 2 N–H and O–H groups in total. The number of nitrogens with zero attached hydrogens (tertiary/aromatic N) is 1. The zero-order valence-corrected chi connectivity index (χ0v) is 11.7. The first-order chi connectivity index (χ1) is 9.11. The Morgan fingerprint density at radius 1 is 1.53 bits per heavy atom. The molecule has 1 fully saturated rings. The van der Waals surface area contributed by atoms with Gasteiger partial charge in [0.2, 0.25) is 5.91 Å². The second kappa shape index (κ2) is 6.37. The lowest BCUT2D eigenvalue weighted by molar-refractivity contribution is -0.133. The van der Waals surface area contributed by atoms with Gasteiger partial charge in [0.25, 0.3) is 0 Å². The maximum atomic E-state index is 12.3. The largest absolute Gasteiger partial charge is 0.392 e. The van der Waals surface area contributed by atoms with Crippen LogP contribution >= 0.6 is 11.6 Å². The highest BCUT2D eigenvalue weighted by Gasteiger charge is 2.30. The van der Waals surface area contributed by atoms with Crippen LogP contribution < -0.4 is 5.32 Å². The van der Waals surface area contributed by atoms with Gasteiger partial charge in [-0.15, -0.1) is 0 Å². The highest BCUT2D eigenvalue weighted by atomic mass is 35.5. The van der Waals surface area contributed by atoms with Crippen molar-refractivity contribution in [3.05, 3.63) is 34.9 Å². The van der Waals surface area contributed by atoms with E-state index in [4.69, 9.17) is 11.6 Å². The van der Waals surface area contributed by atoms with Gasteiger partial charge < -0.3 is 15.3 Å². The van der Waals surface area contributed by atoms with Gasteiger partial charge in [0.1, 0.15) is 0 Å². The van der Waals surface area contributed by atoms with Crippen LogP contribution in [0.5, 0.6) is 0 Å². The second-order valence-corrected chi connectivity index (χ2v) is 5.20. The summed E-state index contributed by atoms with van der Waals surface area (Å²) in [4.78, 5) is 14.1. The number of aliphatic hydroxyl groups is 1. The van der Waals surface area contributed by atoms with Crippen molar-refractivity contribution in [3.8, 4) is 0 Å². The van der Waals surface area contributed by atoms with E-state index in [0.29, 0.717) is 31.1 Å². The molecule has 0 aromatic heterocycles. The number of benzene rings is 1. The van der Waals surface area contributed by atoms with E-state index in [2.05, 4.69) is 5.32 Å². The van der Waals surface area contributed by atoms with E-state index in [0.717, 1.165) is 5.56 Å². The van der Waals surface area contributed by atoms with Gasteiger partial charge in [-0.25, -0.2) is 0 Å². The van der Waals surface area contributed by atoms with E-state index in [1.165, 1.54) is 0 Å². The fourth-order valence-corrected chi connectivity index (χ4v) is 2.50. The Morgan fingerprint density at radius 2 is 2.26 bits per heavy atom. The van der Waals surface area contributed by atoms with Gasteiger partial charge in [-0.05, 0) is 25.0 Å². The fraction of sp³-hybridized carbons (Fsp3) is 0.500. The first-order valence-electron chi connectivity index (χ1n) is 6.55. The van der Waals surface area contributed by atoms with Gasteiger partial charge >= 0.3 is 0 Å². The van der Waals surface area contributed by atoms with Crippen molar-refractivity contribution < 1.29 is 9.90 Å². The molecule has 4 nitrogen and oxygen atoms in total. The van der Waals surface area contributed by atoms with Crippen molar-refractivity contribution in [2.45, 2.75) is 32.0 Å². The second-order valence-electron chi connectivity index (χ2n) is 4.79. The van der Waals surface area contributed by atoms with Crippen LogP contribution in [0.2, 0.25) is 5.02 Å². The molecule has 0 spiro atoms. The monoisotopic (exact) mass is 282 g/mol. The lowest BCUT2D eigenvalue weighted by atomic mass is 10.1. The first kappa shape index (κ1) is 14.3. The zero-order valence-electron chi connectivity index (χ0n) is 11.0. The van der Waals surface area contributed by atoms with Gasteiger partial charge in [0.05, 0.1) is 12.1 Å². The minimum Gasteiger partial charge on any atom is -0.392 e. The quantitative estimate of drug-likeness (QED) is 0.878. The van der Waals surface area contributed by atoms with Gasteiger partial charge in [0, 0.05) is 24.7 Å². The number of likely N-dealkylation sites (N-methyl/N-ethyl adjacent to an activating group) is 1. The van der Waals surface area contributed by atoms with Crippen LogP contribution in [0.15, 0.2) is 24.3 Å². The van der Waals surface area contributed by atoms with Gasteiger partial charge in [0.15, 0.2) is 0 Å². The van der Waals surface area contributed by atoms with Crippen molar-refractivity contribution in [3.63, 3.8) is 0 Å². The van der Waals surface area contributed by atoms with Crippen LogP contribution in [-0.4, -0.2) is 41.1 Å². The average molecular weight is 283 g/mol. The van der Waals surface area contributed by atoms with E-state index in [1.807, 2.05) is 31.2 Å². The average Bonchev–Trinajstić information content (AvgIpc) is 2.84. The van der Waals surface area contributed by atoms with E-state index < -0.39 is 6.10 Å². The lowest BCUT2D eigenvalue weighted by Crippen LogP contribution is -2.43. The molecule has 0 bridgehead atoms. The molecule has 2 rings (SSSR count). The lowest BCUT2D eigenvalue weighted by Gasteiger charge is -2.24. The number of aliphatic hydroxyl groups excluding tert-OH is 1. The number of rotatable bonds is 4. The molecule has 2 atom stereocenters. The molecule has 0 saturated carbocycles.